The van der Waals surface area contributed by atoms with E-state index in [2.05, 4.69) is 41.3 Å². The van der Waals surface area contributed by atoms with Crippen LogP contribution in [0.2, 0.25) is 5.02 Å². The van der Waals surface area contributed by atoms with Gasteiger partial charge in [0.05, 0.1) is 22.4 Å². The first kappa shape index (κ1) is 26.3. The summed E-state index contributed by atoms with van der Waals surface area (Å²) in [4.78, 5) is 25.5. The monoisotopic (exact) mass is 503 g/mol. The van der Waals surface area contributed by atoms with Crippen molar-refractivity contribution in [3.05, 3.63) is 53.3 Å². The number of benzene rings is 1. The molecule has 1 fully saturated rings. The molecular weight excluding hydrogens is 470 g/mol. The molecule has 2 amide bonds. The van der Waals surface area contributed by atoms with Gasteiger partial charge in [0.2, 0.25) is 5.91 Å². The van der Waals surface area contributed by atoms with Crippen molar-refractivity contribution < 1.29 is 9.59 Å². The van der Waals surface area contributed by atoms with E-state index in [1.807, 2.05) is 4.57 Å². The summed E-state index contributed by atoms with van der Waals surface area (Å²) in [6.07, 6.45) is 8.14. The number of nitrogens with zero attached hydrogens (tertiary/aromatic N) is 3. The number of halogens is 1. The molecule has 1 aliphatic rings. The van der Waals surface area contributed by atoms with Gasteiger partial charge in [0.15, 0.2) is 11.0 Å². The van der Waals surface area contributed by atoms with Crippen molar-refractivity contribution in [2.45, 2.75) is 76.2 Å². The van der Waals surface area contributed by atoms with Crippen LogP contribution in [0.5, 0.6) is 0 Å². The standard InChI is InChI=1S/C25H34ClN5O2S/c1-4-14-31-23(21(15-17(2)3)28-24(33)19-12-8-9-13-20(19)26)29-30-25(31)34-16-22(32)27-18-10-6-5-7-11-18/h4,8-9,12-13,17-18,21H,1,5-7,10-11,14-16H2,2-3H3,(H,27,32)(H,28,33)/t21-/m1/s1. The average molecular weight is 504 g/mol. The molecule has 34 heavy (non-hydrogen) atoms. The highest BCUT2D eigenvalue weighted by Gasteiger charge is 2.25. The third kappa shape index (κ3) is 7.34. The Balaban J connectivity index is 1.74. The van der Waals surface area contributed by atoms with Crippen LogP contribution < -0.4 is 10.6 Å². The smallest absolute Gasteiger partial charge is 0.253 e. The maximum Gasteiger partial charge on any atom is 0.253 e. The Morgan fingerprint density at radius 1 is 1.24 bits per heavy atom. The third-order valence-electron chi connectivity index (χ3n) is 5.80. The minimum absolute atomic E-state index is 0.0114. The van der Waals surface area contributed by atoms with Gasteiger partial charge in [-0.1, -0.05) is 74.7 Å². The Morgan fingerprint density at radius 2 is 1.97 bits per heavy atom. The first-order chi connectivity index (χ1) is 16.4. The molecule has 2 aromatic rings. The molecule has 0 aliphatic heterocycles. The summed E-state index contributed by atoms with van der Waals surface area (Å²) in [6, 6.07) is 6.89. The van der Waals surface area contributed by atoms with Crippen LogP contribution >= 0.6 is 23.4 Å². The number of rotatable bonds is 11. The van der Waals surface area contributed by atoms with Gasteiger partial charge in [0.25, 0.3) is 5.91 Å². The predicted molar refractivity (Wildman–Crippen MR) is 137 cm³/mol. The van der Waals surface area contributed by atoms with E-state index in [9.17, 15) is 9.59 Å². The highest BCUT2D eigenvalue weighted by Crippen LogP contribution is 2.26. The van der Waals surface area contributed by atoms with Crippen LogP contribution in [0.15, 0.2) is 42.1 Å². The van der Waals surface area contributed by atoms with Crippen LogP contribution in [0.3, 0.4) is 0 Å². The van der Waals surface area contributed by atoms with E-state index in [1.165, 1.54) is 31.0 Å². The molecule has 1 aromatic heterocycles. The maximum absolute atomic E-state index is 13.0. The molecule has 0 bridgehead atoms. The highest BCUT2D eigenvalue weighted by molar-refractivity contribution is 7.99. The van der Waals surface area contributed by atoms with Crippen LogP contribution in [0.4, 0.5) is 0 Å². The zero-order valence-electron chi connectivity index (χ0n) is 19.9. The first-order valence-corrected chi connectivity index (χ1v) is 13.3. The third-order valence-corrected chi connectivity index (χ3v) is 7.10. The number of carbonyl (C=O) groups excluding carboxylic acids is 2. The summed E-state index contributed by atoms with van der Waals surface area (Å²) >= 11 is 7.59. The fourth-order valence-electron chi connectivity index (χ4n) is 4.19. The fraction of sp³-hybridized carbons (Fsp3) is 0.520. The second-order valence-corrected chi connectivity index (χ2v) is 10.4. The zero-order chi connectivity index (χ0) is 24.5. The number of allylic oxidation sites excluding steroid dienone is 1. The Hall–Kier alpha value is -2.32. The number of hydrogen-bond donors (Lipinski definition) is 2. The minimum atomic E-state index is -0.360. The maximum atomic E-state index is 13.0. The Bertz CT molecular complexity index is 987. The van der Waals surface area contributed by atoms with E-state index in [4.69, 9.17) is 11.6 Å². The van der Waals surface area contributed by atoms with Crippen molar-refractivity contribution >= 4 is 35.2 Å². The number of nitrogens with one attached hydrogen (secondary N) is 2. The Labute approximate surface area is 211 Å². The van der Waals surface area contributed by atoms with Gasteiger partial charge < -0.3 is 15.2 Å². The molecule has 7 nitrogen and oxygen atoms in total. The van der Waals surface area contributed by atoms with E-state index < -0.39 is 0 Å². The molecule has 0 unspecified atom stereocenters. The number of amides is 2. The van der Waals surface area contributed by atoms with Gasteiger partial charge in [-0.25, -0.2) is 0 Å². The summed E-state index contributed by atoms with van der Waals surface area (Å²) in [6.45, 7) is 8.52. The first-order valence-electron chi connectivity index (χ1n) is 11.9. The van der Waals surface area contributed by atoms with Crippen LogP contribution in [-0.2, 0) is 11.3 Å². The lowest BCUT2D eigenvalue weighted by molar-refractivity contribution is -0.119. The van der Waals surface area contributed by atoms with Crippen LogP contribution in [0.1, 0.15) is 74.6 Å². The zero-order valence-corrected chi connectivity index (χ0v) is 21.5. The molecule has 1 saturated carbocycles. The van der Waals surface area contributed by atoms with E-state index in [1.54, 1.807) is 30.3 Å². The minimum Gasteiger partial charge on any atom is -0.353 e. The lowest BCUT2D eigenvalue weighted by atomic mass is 9.95. The van der Waals surface area contributed by atoms with E-state index in [0.29, 0.717) is 40.5 Å². The lowest BCUT2D eigenvalue weighted by Gasteiger charge is -2.22. The Morgan fingerprint density at radius 3 is 2.65 bits per heavy atom. The molecule has 0 radical (unpaired) electrons. The van der Waals surface area contributed by atoms with Gasteiger partial charge in [-0.3, -0.25) is 9.59 Å². The SMILES string of the molecule is C=CCn1c(SCC(=O)NC2CCCCC2)nnc1[C@@H](CC(C)C)NC(=O)c1ccccc1Cl. The second-order valence-electron chi connectivity index (χ2n) is 9.07. The molecular formula is C25H34ClN5O2S. The number of hydrogen-bond acceptors (Lipinski definition) is 5. The van der Waals surface area contributed by atoms with Crippen molar-refractivity contribution in [3.63, 3.8) is 0 Å². The van der Waals surface area contributed by atoms with Crippen LogP contribution in [0, 0.1) is 5.92 Å². The van der Waals surface area contributed by atoms with Gasteiger partial charge in [0, 0.05) is 12.6 Å². The molecule has 0 saturated heterocycles. The summed E-state index contributed by atoms with van der Waals surface area (Å²) in [5.41, 5.74) is 0.418. The highest BCUT2D eigenvalue weighted by atomic mass is 35.5. The van der Waals surface area contributed by atoms with Crippen molar-refractivity contribution in [1.29, 1.82) is 0 Å². The van der Waals surface area contributed by atoms with Gasteiger partial charge in [0.1, 0.15) is 0 Å². The molecule has 1 atom stereocenters. The van der Waals surface area contributed by atoms with Crippen molar-refractivity contribution in [3.8, 4) is 0 Å². The van der Waals surface area contributed by atoms with Gasteiger partial charge in [-0.15, -0.1) is 16.8 Å². The van der Waals surface area contributed by atoms with Gasteiger partial charge in [-0.2, -0.15) is 0 Å². The molecule has 9 heteroatoms. The summed E-state index contributed by atoms with van der Waals surface area (Å²) in [7, 11) is 0. The van der Waals surface area contributed by atoms with Crippen molar-refractivity contribution in [2.24, 2.45) is 5.92 Å². The molecule has 184 valence electrons. The van der Waals surface area contributed by atoms with E-state index in [0.717, 1.165) is 12.8 Å². The molecule has 1 aliphatic carbocycles. The molecule has 1 heterocycles. The molecule has 0 spiro atoms. The molecule has 3 rings (SSSR count). The van der Waals surface area contributed by atoms with E-state index in [-0.39, 0.29) is 29.7 Å². The normalized spacial score (nSPS) is 15.2. The fourth-order valence-corrected chi connectivity index (χ4v) is 5.18. The average Bonchev–Trinajstić information content (AvgIpc) is 3.20. The summed E-state index contributed by atoms with van der Waals surface area (Å²) < 4.78 is 1.92. The van der Waals surface area contributed by atoms with Crippen molar-refractivity contribution in [2.75, 3.05) is 5.75 Å². The van der Waals surface area contributed by atoms with Crippen molar-refractivity contribution in [1.82, 2.24) is 25.4 Å². The Kier molecular flexibility index (Phi) is 10.0. The topological polar surface area (TPSA) is 88.9 Å². The quantitative estimate of drug-likeness (QED) is 0.326. The van der Waals surface area contributed by atoms with E-state index >= 15 is 0 Å². The summed E-state index contributed by atoms with van der Waals surface area (Å²) in [5.74, 6) is 0.974. The molecule has 2 N–H and O–H groups in total. The molecule has 1 aromatic carbocycles. The number of aromatic nitrogens is 3. The second kappa shape index (κ2) is 13.0. The number of thioether (sulfide) groups is 1. The van der Waals surface area contributed by atoms with Gasteiger partial charge >= 0.3 is 0 Å². The lowest BCUT2D eigenvalue weighted by Crippen LogP contribution is -2.37. The number of carbonyl (C=O) groups is 2. The largest absolute Gasteiger partial charge is 0.353 e. The predicted octanol–water partition coefficient (Wildman–Crippen LogP) is 5.18. The van der Waals surface area contributed by atoms with Crippen LogP contribution in [-0.4, -0.2) is 38.4 Å². The van der Waals surface area contributed by atoms with Gasteiger partial charge in [-0.05, 0) is 37.3 Å². The summed E-state index contributed by atoms with van der Waals surface area (Å²) in [5, 5.41) is 16.0. The van der Waals surface area contributed by atoms with Crippen LogP contribution in [0.25, 0.3) is 0 Å².